The second-order valence-corrected chi connectivity index (χ2v) is 6.27. The average Bonchev–Trinajstić information content (AvgIpc) is 2.83. The summed E-state index contributed by atoms with van der Waals surface area (Å²) in [6.07, 6.45) is 0.740. The predicted molar refractivity (Wildman–Crippen MR) is 94.5 cm³/mol. The van der Waals surface area contributed by atoms with Crippen molar-refractivity contribution >= 4 is 39.7 Å². The van der Waals surface area contributed by atoms with Gasteiger partial charge < -0.3 is 9.15 Å². The highest BCUT2D eigenvalue weighted by Gasteiger charge is 2.10. The van der Waals surface area contributed by atoms with Gasteiger partial charge in [0.05, 0.1) is 5.52 Å². The second kappa shape index (κ2) is 6.99. The van der Waals surface area contributed by atoms with Gasteiger partial charge in [-0.05, 0) is 59.3 Å². The first-order chi connectivity index (χ1) is 11.1. The third-order valence-corrected chi connectivity index (χ3v) is 4.04. The maximum absolute atomic E-state index is 11.9. The number of fused-ring (bicyclic) bond motifs is 1. The van der Waals surface area contributed by atoms with Crippen LogP contribution in [0.1, 0.15) is 12.8 Å². The molecule has 0 aliphatic carbocycles. The van der Waals surface area contributed by atoms with Crippen LogP contribution >= 0.6 is 22.6 Å². The normalized spacial score (nSPS) is 10.8. The van der Waals surface area contributed by atoms with Crippen LogP contribution < -0.4 is 10.5 Å². The Bertz CT molecular complexity index is 897. The number of nitrogens with zero attached hydrogens (tertiary/aromatic N) is 1. The molecule has 3 aromatic rings. The van der Waals surface area contributed by atoms with E-state index in [2.05, 4.69) is 22.6 Å². The Morgan fingerprint density at radius 2 is 2.00 bits per heavy atom. The van der Waals surface area contributed by atoms with Crippen LogP contribution in [0.25, 0.3) is 11.1 Å². The lowest BCUT2D eigenvalue weighted by molar-refractivity contribution is -0.134. The Kier molecular flexibility index (Phi) is 4.80. The van der Waals surface area contributed by atoms with E-state index in [9.17, 15) is 9.59 Å². The van der Waals surface area contributed by atoms with Crippen LogP contribution in [0.15, 0.2) is 57.7 Å². The molecule has 0 fully saturated rings. The molecule has 0 amide bonds. The van der Waals surface area contributed by atoms with E-state index in [1.807, 2.05) is 30.3 Å². The molecule has 0 N–H and O–H groups in total. The van der Waals surface area contributed by atoms with Gasteiger partial charge in [0.15, 0.2) is 5.58 Å². The van der Waals surface area contributed by atoms with Gasteiger partial charge >= 0.3 is 11.7 Å². The van der Waals surface area contributed by atoms with Crippen LogP contribution in [-0.2, 0) is 11.3 Å². The van der Waals surface area contributed by atoms with Gasteiger partial charge in [0, 0.05) is 16.5 Å². The Labute approximate surface area is 146 Å². The molecule has 0 unspecified atom stereocenters. The predicted octanol–water partition coefficient (Wildman–Crippen LogP) is 3.58. The number of carbonyl (C=O) groups excluding carboxylic acids is 1. The summed E-state index contributed by atoms with van der Waals surface area (Å²) in [4.78, 5) is 23.7. The summed E-state index contributed by atoms with van der Waals surface area (Å²) < 4.78 is 13.0. The van der Waals surface area contributed by atoms with E-state index >= 15 is 0 Å². The second-order valence-electron chi connectivity index (χ2n) is 5.02. The quantitative estimate of drug-likeness (QED) is 0.358. The highest BCUT2D eigenvalue weighted by molar-refractivity contribution is 14.1. The number of rotatable bonds is 5. The van der Waals surface area contributed by atoms with E-state index in [0.717, 1.165) is 9.09 Å². The molecule has 0 saturated heterocycles. The molecule has 5 nitrogen and oxygen atoms in total. The minimum absolute atomic E-state index is 0.234. The van der Waals surface area contributed by atoms with E-state index in [1.165, 1.54) is 4.57 Å². The number of ether oxygens (including phenoxy) is 1. The van der Waals surface area contributed by atoms with E-state index < -0.39 is 5.76 Å². The summed E-state index contributed by atoms with van der Waals surface area (Å²) in [5.41, 5.74) is 1.29. The van der Waals surface area contributed by atoms with Crippen molar-refractivity contribution < 1.29 is 13.9 Å². The number of hydrogen-bond acceptors (Lipinski definition) is 4. The number of carbonyl (C=O) groups is 1. The average molecular weight is 423 g/mol. The van der Waals surface area contributed by atoms with Crippen LogP contribution in [0.5, 0.6) is 5.75 Å². The van der Waals surface area contributed by atoms with Gasteiger partial charge in [0.25, 0.3) is 0 Å². The summed E-state index contributed by atoms with van der Waals surface area (Å²) >= 11 is 2.16. The van der Waals surface area contributed by atoms with Gasteiger partial charge in [-0.1, -0.05) is 18.2 Å². The van der Waals surface area contributed by atoms with E-state index in [1.54, 1.807) is 18.2 Å². The zero-order valence-electron chi connectivity index (χ0n) is 12.2. The van der Waals surface area contributed by atoms with Gasteiger partial charge in [0.1, 0.15) is 5.75 Å². The van der Waals surface area contributed by atoms with Crippen molar-refractivity contribution in [2.75, 3.05) is 0 Å². The molecular weight excluding hydrogens is 409 g/mol. The topological polar surface area (TPSA) is 61.4 Å². The van der Waals surface area contributed by atoms with Crippen molar-refractivity contribution in [3.63, 3.8) is 0 Å². The molecule has 6 heteroatoms. The highest BCUT2D eigenvalue weighted by atomic mass is 127. The fourth-order valence-electron chi connectivity index (χ4n) is 2.32. The molecule has 0 spiro atoms. The van der Waals surface area contributed by atoms with Crippen LogP contribution in [0.3, 0.4) is 0 Å². The Hall–Kier alpha value is -2.09. The smallest absolute Gasteiger partial charge is 0.419 e. The Morgan fingerprint density at radius 1 is 1.17 bits per heavy atom. The molecule has 23 heavy (non-hydrogen) atoms. The summed E-state index contributed by atoms with van der Waals surface area (Å²) in [6, 6.07) is 14.5. The zero-order valence-corrected chi connectivity index (χ0v) is 14.4. The first-order valence-electron chi connectivity index (χ1n) is 7.18. The molecule has 118 valence electrons. The van der Waals surface area contributed by atoms with Crippen molar-refractivity contribution in [1.82, 2.24) is 4.57 Å². The van der Waals surface area contributed by atoms with Crippen molar-refractivity contribution in [1.29, 1.82) is 0 Å². The number of para-hydroxylation sites is 2. The fraction of sp³-hybridized carbons (Fsp3) is 0.176. The molecule has 0 bridgehead atoms. The fourth-order valence-corrected chi connectivity index (χ4v) is 2.83. The molecule has 0 atom stereocenters. The van der Waals surface area contributed by atoms with Crippen molar-refractivity contribution in [3.05, 3.63) is 62.7 Å². The molecular formula is C17H14INO4. The van der Waals surface area contributed by atoms with Gasteiger partial charge in [-0.15, -0.1) is 0 Å². The van der Waals surface area contributed by atoms with E-state index in [-0.39, 0.29) is 12.4 Å². The monoisotopic (exact) mass is 423 g/mol. The molecule has 3 rings (SSSR count). The standard InChI is InChI=1S/C17H14INO4/c18-12-5-3-6-13(11-12)22-16(20)9-4-10-19-14-7-1-2-8-15(14)23-17(19)21/h1-3,5-8,11H,4,9-10H2. The molecule has 0 aliphatic heterocycles. The zero-order chi connectivity index (χ0) is 16.2. The number of aromatic nitrogens is 1. The number of esters is 1. The van der Waals surface area contributed by atoms with Crippen molar-refractivity contribution in [2.24, 2.45) is 0 Å². The number of hydrogen-bond donors (Lipinski definition) is 0. The van der Waals surface area contributed by atoms with Gasteiger partial charge in [-0.3, -0.25) is 9.36 Å². The van der Waals surface area contributed by atoms with Crippen LogP contribution in [0.4, 0.5) is 0 Å². The lowest BCUT2D eigenvalue weighted by atomic mass is 10.3. The highest BCUT2D eigenvalue weighted by Crippen LogP contribution is 2.16. The van der Waals surface area contributed by atoms with Gasteiger partial charge in [-0.25, -0.2) is 4.79 Å². The lowest BCUT2D eigenvalue weighted by Crippen LogP contribution is -2.16. The lowest BCUT2D eigenvalue weighted by Gasteiger charge is -2.05. The van der Waals surface area contributed by atoms with Gasteiger partial charge in [-0.2, -0.15) is 0 Å². The summed E-state index contributed by atoms with van der Waals surface area (Å²) in [6.45, 7) is 0.414. The van der Waals surface area contributed by atoms with Crippen LogP contribution in [-0.4, -0.2) is 10.5 Å². The number of aryl methyl sites for hydroxylation is 1. The molecule has 0 saturated carbocycles. The van der Waals surface area contributed by atoms with E-state index in [4.69, 9.17) is 9.15 Å². The maximum Gasteiger partial charge on any atom is 0.419 e. The Morgan fingerprint density at radius 3 is 2.83 bits per heavy atom. The maximum atomic E-state index is 11.9. The minimum Gasteiger partial charge on any atom is -0.426 e. The first-order valence-corrected chi connectivity index (χ1v) is 8.26. The molecule has 0 aliphatic rings. The third-order valence-electron chi connectivity index (χ3n) is 3.36. The van der Waals surface area contributed by atoms with E-state index in [0.29, 0.717) is 24.3 Å². The molecule has 1 heterocycles. The number of halogens is 1. The summed E-state index contributed by atoms with van der Waals surface area (Å²) in [7, 11) is 0. The first kappa shape index (κ1) is 15.8. The van der Waals surface area contributed by atoms with Crippen LogP contribution in [0, 0.1) is 3.57 Å². The van der Waals surface area contributed by atoms with Crippen molar-refractivity contribution in [2.45, 2.75) is 19.4 Å². The van der Waals surface area contributed by atoms with Crippen molar-refractivity contribution in [3.8, 4) is 5.75 Å². The van der Waals surface area contributed by atoms with Gasteiger partial charge in [0.2, 0.25) is 0 Å². The summed E-state index contributed by atoms with van der Waals surface area (Å²) in [5, 5.41) is 0. The minimum atomic E-state index is -0.405. The molecule has 0 radical (unpaired) electrons. The SMILES string of the molecule is O=C(CCCn1c(=O)oc2ccccc21)Oc1cccc(I)c1. The summed E-state index contributed by atoms with van der Waals surface area (Å²) in [5.74, 6) is -0.183. The number of oxazole rings is 1. The number of benzene rings is 2. The largest absolute Gasteiger partial charge is 0.426 e. The third kappa shape index (κ3) is 3.82. The molecule has 2 aromatic carbocycles. The Balaban J connectivity index is 1.59. The molecule has 1 aromatic heterocycles. The van der Waals surface area contributed by atoms with Crippen LogP contribution in [0.2, 0.25) is 0 Å².